The molecule has 1 aromatic rings. The van der Waals surface area contributed by atoms with Crippen LogP contribution in [0, 0.1) is 5.92 Å². The van der Waals surface area contributed by atoms with Crippen molar-refractivity contribution >= 4 is 12.0 Å². The van der Waals surface area contributed by atoms with Crippen molar-refractivity contribution in [1.29, 1.82) is 0 Å². The summed E-state index contributed by atoms with van der Waals surface area (Å²) in [6, 6.07) is 7.68. The number of hydrogen-bond acceptors (Lipinski definition) is 3. The molecule has 0 aromatic heterocycles. The largest absolute Gasteiger partial charge is 0.491 e. The highest BCUT2D eigenvalue weighted by Crippen LogP contribution is 2.20. The summed E-state index contributed by atoms with van der Waals surface area (Å²) < 4.78 is 5.59. The van der Waals surface area contributed by atoms with Crippen LogP contribution in [0.2, 0.25) is 0 Å². The molecular formula is C18H25NO3. The predicted octanol–water partition coefficient (Wildman–Crippen LogP) is 2.72. The number of hydrogen-bond donors (Lipinski definition) is 1. The fraction of sp³-hybridized carbons (Fsp3) is 0.500. The summed E-state index contributed by atoms with van der Waals surface area (Å²) in [5, 5.41) is 9.58. The molecule has 2 unspecified atom stereocenters. The maximum absolute atomic E-state index is 12.1. The van der Waals surface area contributed by atoms with Gasteiger partial charge < -0.3 is 14.7 Å². The average molecular weight is 303 g/mol. The van der Waals surface area contributed by atoms with E-state index in [1.165, 1.54) is 0 Å². The Morgan fingerprint density at radius 1 is 1.32 bits per heavy atom. The highest BCUT2D eigenvalue weighted by atomic mass is 16.5. The fourth-order valence-electron chi connectivity index (χ4n) is 2.58. The van der Waals surface area contributed by atoms with E-state index in [2.05, 4.69) is 0 Å². The number of rotatable bonds is 5. The van der Waals surface area contributed by atoms with Crippen LogP contribution in [-0.2, 0) is 4.79 Å². The lowest BCUT2D eigenvalue weighted by Crippen LogP contribution is -2.28. The Balaban J connectivity index is 1.90. The number of carbonyl (C=O) groups excluding carboxylic acids is 1. The van der Waals surface area contributed by atoms with Crippen molar-refractivity contribution in [2.75, 3.05) is 13.1 Å². The van der Waals surface area contributed by atoms with Gasteiger partial charge >= 0.3 is 0 Å². The Kier molecular flexibility index (Phi) is 5.61. The summed E-state index contributed by atoms with van der Waals surface area (Å²) >= 11 is 0. The molecule has 1 amide bonds. The molecule has 120 valence electrons. The number of likely N-dealkylation sites (tertiary alicyclic amines) is 1. The predicted molar refractivity (Wildman–Crippen MR) is 87.6 cm³/mol. The van der Waals surface area contributed by atoms with Gasteiger partial charge in [0.2, 0.25) is 5.91 Å². The first kappa shape index (κ1) is 16.6. The topological polar surface area (TPSA) is 49.8 Å². The zero-order valence-electron chi connectivity index (χ0n) is 13.5. The molecule has 1 aliphatic rings. The third kappa shape index (κ3) is 4.60. The quantitative estimate of drug-likeness (QED) is 0.851. The molecule has 0 aliphatic carbocycles. The van der Waals surface area contributed by atoms with Gasteiger partial charge in [-0.15, -0.1) is 0 Å². The number of carbonyl (C=O) groups is 1. The Bertz CT molecular complexity index is 520. The monoisotopic (exact) mass is 303 g/mol. The summed E-state index contributed by atoms with van der Waals surface area (Å²) in [5.41, 5.74) is 0.968. The normalized spacial score (nSPS) is 19.9. The maximum atomic E-state index is 12.1. The van der Waals surface area contributed by atoms with Crippen molar-refractivity contribution < 1.29 is 14.6 Å². The third-order valence-corrected chi connectivity index (χ3v) is 3.89. The molecule has 0 saturated carbocycles. The van der Waals surface area contributed by atoms with Gasteiger partial charge in [-0.25, -0.2) is 0 Å². The smallest absolute Gasteiger partial charge is 0.246 e. The zero-order chi connectivity index (χ0) is 16.1. The van der Waals surface area contributed by atoms with Crippen molar-refractivity contribution in [3.63, 3.8) is 0 Å². The Morgan fingerprint density at radius 2 is 2.00 bits per heavy atom. The standard InChI is InChI=1S/C18H25NO3/c1-13(2)22-17-7-4-15(5-8-17)6-9-18(21)19-11-10-16(12-19)14(3)20/h4-9,13-14,16,20H,10-12H2,1-3H3/b9-6+. The van der Waals surface area contributed by atoms with Crippen LogP contribution in [0.15, 0.2) is 30.3 Å². The van der Waals surface area contributed by atoms with Gasteiger partial charge in [-0.05, 0) is 51.0 Å². The molecule has 1 aliphatic heterocycles. The van der Waals surface area contributed by atoms with Gasteiger partial charge in [0.05, 0.1) is 12.2 Å². The van der Waals surface area contributed by atoms with Gasteiger partial charge in [0.25, 0.3) is 0 Å². The molecule has 0 radical (unpaired) electrons. The third-order valence-electron chi connectivity index (χ3n) is 3.89. The average Bonchev–Trinajstić information content (AvgIpc) is 2.96. The second-order valence-corrected chi connectivity index (χ2v) is 6.14. The molecule has 4 nitrogen and oxygen atoms in total. The number of aliphatic hydroxyl groups is 1. The van der Waals surface area contributed by atoms with Gasteiger partial charge in [0.15, 0.2) is 0 Å². The van der Waals surface area contributed by atoms with Crippen LogP contribution in [0.5, 0.6) is 5.75 Å². The molecule has 1 N–H and O–H groups in total. The first-order valence-electron chi connectivity index (χ1n) is 7.87. The Labute approximate surface area is 132 Å². The lowest BCUT2D eigenvalue weighted by atomic mass is 10.0. The molecule has 0 bridgehead atoms. The van der Waals surface area contributed by atoms with E-state index in [9.17, 15) is 9.90 Å². The van der Waals surface area contributed by atoms with Gasteiger partial charge in [0, 0.05) is 25.1 Å². The first-order valence-corrected chi connectivity index (χ1v) is 7.87. The summed E-state index contributed by atoms with van der Waals surface area (Å²) in [4.78, 5) is 13.9. The van der Waals surface area contributed by atoms with Gasteiger partial charge in [0.1, 0.15) is 5.75 Å². The fourth-order valence-corrected chi connectivity index (χ4v) is 2.58. The number of aliphatic hydroxyl groups excluding tert-OH is 1. The van der Waals surface area contributed by atoms with Crippen molar-refractivity contribution in [1.82, 2.24) is 4.90 Å². The summed E-state index contributed by atoms with van der Waals surface area (Å²) in [6.45, 7) is 7.13. The molecule has 4 heteroatoms. The lowest BCUT2D eigenvalue weighted by Gasteiger charge is -2.15. The number of benzene rings is 1. The van der Waals surface area contributed by atoms with Crippen LogP contribution < -0.4 is 4.74 Å². The molecular weight excluding hydrogens is 278 g/mol. The second-order valence-electron chi connectivity index (χ2n) is 6.14. The van der Waals surface area contributed by atoms with Crippen molar-refractivity contribution in [3.05, 3.63) is 35.9 Å². The minimum Gasteiger partial charge on any atom is -0.491 e. The van der Waals surface area contributed by atoms with E-state index in [1.54, 1.807) is 17.9 Å². The number of amides is 1. The van der Waals surface area contributed by atoms with E-state index >= 15 is 0 Å². The Hall–Kier alpha value is -1.81. The number of nitrogens with zero attached hydrogens (tertiary/aromatic N) is 1. The van der Waals surface area contributed by atoms with E-state index in [4.69, 9.17) is 4.74 Å². The van der Waals surface area contributed by atoms with Crippen molar-refractivity contribution in [2.24, 2.45) is 5.92 Å². The van der Waals surface area contributed by atoms with Crippen LogP contribution in [0.1, 0.15) is 32.8 Å². The van der Waals surface area contributed by atoms with Crippen molar-refractivity contribution in [2.45, 2.75) is 39.4 Å². The van der Waals surface area contributed by atoms with Crippen LogP contribution in [-0.4, -0.2) is 41.2 Å². The van der Waals surface area contributed by atoms with Gasteiger partial charge in [-0.2, -0.15) is 0 Å². The molecule has 2 atom stereocenters. The highest BCUT2D eigenvalue weighted by molar-refractivity contribution is 5.92. The molecule has 1 saturated heterocycles. The molecule has 1 fully saturated rings. The summed E-state index contributed by atoms with van der Waals surface area (Å²) in [6.07, 6.45) is 4.09. The molecule has 1 aromatic carbocycles. The Morgan fingerprint density at radius 3 is 2.55 bits per heavy atom. The molecule has 0 spiro atoms. The lowest BCUT2D eigenvalue weighted by molar-refractivity contribution is -0.125. The van der Waals surface area contributed by atoms with E-state index in [0.29, 0.717) is 6.54 Å². The molecule has 1 heterocycles. The highest BCUT2D eigenvalue weighted by Gasteiger charge is 2.27. The summed E-state index contributed by atoms with van der Waals surface area (Å²) in [7, 11) is 0. The van der Waals surface area contributed by atoms with E-state index < -0.39 is 0 Å². The SMILES string of the molecule is CC(C)Oc1ccc(/C=C/C(=O)N2CCC(C(C)O)C2)cc1. The molecule has 22 heavy (non-hydrogen) atoms. The van der Waals surface area contributed by atoms with Crippen LogP contribution >= 0.6 is 0 Å². The minimum atomic E-state index is -0.352. The van der Waals surface area contributed by atoms with Crippen LogP contribution in [0.3, 0.4) is 0 Å². The van der Waals surface area contributed by atoms with Crippen molar-refractivity contribution in [3.8, 4) is 5.75 Å². The molecule has 2 rings (SSSR count). The van der Waals surface area contributed by atoms with Crippen LogP contribution in [0.4, 0.5) is 0 Å². The zero-order valence-corrected chi connectivity index (χ0v) is 13.5. The van der Waals surface area contributed by atoms with Gasteiger partial charge in [-0.3, -0.25) is 4.79 Å². The summed E-state index contributed by atoms with van der Waals surface area (Å²) in [5.74, 6) is 1.04. The minimum absolute atomic E-state index is 0.00524. The van der Waals surface area contributed by atoms with E-state index in [-0.39, 0.29) is 24.0 Å². The van der Waals surface area contributed by atoms with E-state index in [0.717, 1.165) is 24.3 Å². The second kappa shape index (κ2) is 7.45. The maximum Gasteiger partial charge on any atom is 0.246 e. The number of ether oxygens (including phenoxy) is 1. The van der Waals surface area contributed by atoms with E-state index in [1.807, 2.05) is 44.2 Å². The first-order chi connectivity index (χ1) is 10.5. The van der Waals surface area contributed by atoms with Crippen LogP contribution in [0.25, 0.3) is 6.08 Å². The van der Waals surface area contributed by atoms with Gasteiger partial charge in [-0.1, -0.05) is 12.1 Å².